The number of nitrogens with two attached hydrogens (primary N) is 1. The highest BCUT2D eigenvalue weighted by molar-refractivity contribution is 7.08. The molecule has 0 spiro atoms. The largest absolute Gasteiger partial charge is 0.482 e. The number of nitrogen functional groups attached to an aromatic ring is 1. The average molecular weight is 303 g/mol. The van der Waals surface area contributed by atoms with Gasteiger partial charge in [-0.25, -0.2) is 0 Å². The molecule has 0 radical (unpaired) electrons. The zero-order valence-electron chi connectivity index (χ0n) is 11.0. The molecule has 0 bridgehead atoms. The van der Waals surface area contributed by atoms with E-state index in [1.165, 1.54) is 0 Å². The van der Waals surface area contributed by atoms with E-state index in [1.807, 2.05) is 16.8 Å². The predicted octanol–water partition coefficient (Wildman–Crippen LogP) is 1.84. The summed E-state index contributed by atoms with van der Waals surface area (Å²) in [5, 5.41) is 9.26. The van der Waals surface area contributed by atoms with Gasteiger partial charge in [-0.15, -0.1) is 0 Å². The number of thiophene rings is 1. The lowest BCUT2D eigenvalue weighted by Crippen LogP contribution is -2.26. The van der Waals surface area contributed by atoms with Crippen molar-refractivity contribution < 1.29 is 14.3 Å². The number of rotatable bonds is 3. The van der Waals surface area contributed by atoms with Crippen molar-refractivity contribution in [2.45, 2.75) is 6.42 Å². The van der Waals surface area contributed by atoms with Crippen LogP contribution in [-0.4, -0.2) is 18.4 Å². The lowest BCUT2D eigenvalue weighted by Gasteiger charge is -2.20. The second kappa shape index (κ2) is 5.45. The van der Waals surface area contributed by atoms with E-state index >= 15 is 0 Å². The van der Waals surface area contributed by atoms with Gasteiger partial charge in [0.05, 0.1) is 23.5 Å². The molecular formula is C14H13N3O3S. The van der Waals surface area contributed by atoms with Gasteiger partial charge in [-0.3, -0.25) is 9.59 Å². The van der Waals surface area contributed by atoms with E-state index in [0.29, 0.717) is 22.8 Å². The Labute approximate surface area is 124 Å². The predicted molar refractivity (Wildman–Crippen MR) is 81.6 cm³/mol. The molecule has 21 heavy (non-hydrogen) atoms. The molecule has 1 aromatic heterocycles. The van der Waals surface area contributed by atoms with Crippen LogP contribution in [0.1, 0.15) is 5.56 Å². The summed E-state index contributed by atoms with van der Waals surface area (Å²) in [6, 6.07) is 5.09. The fraction of sp³-hybridized carbons (Fsp3) is 0.143. The van der Waals surface area contributed by atoms with Crippen molar-refractivity contribution in [3.8, 4) is 5.75 Å². The number of anilines is 3. The minimum Gasteiger partial charge on any atom is -0.482 e. The Balaban J connectivity index is 1.77. The third-order valence-corrected chi connectivity index (χ3v) is 3.74. The molecule has 108 valence electrons. The summed E-state index contributed by atoms with van der Waals surface area (Å²) < 4.78 is 5.26. The summed E-state index contributed by atoms with van der Waals surface area (Å²) in [5.74, 6) is 0.105. The van der Waals surface area contributed by atoms with Gasteiger partial charge in [0.15, 0.2) is 6.61 Å². The summed E-state index contributed by atoms with van der Waals surface area (Å²) in [6.45, 7) is -0.0314. The molecule has 0 fully saturated rings. The number of benzene rings is 1. The molecule has 0 aliphatic carbocycles. The van der Waals surface area contributed by atoms with E-state index in [4.69, 9.17) is 10.5 Å². The van der Waals surface area contributed by atoms with Crippen molar-refractivity contribution in [3.63, 3.8) is 0 Å². The highest BCUT2D eigenvalue weighted by Crippen LogP contribution is 2.35. The van der Waals surface area contributed by atoms with Gasteiger partial charge in [-0.2, -0.15) is 11.3 Å². The average Bonchev–Trinajstić information content (AvgIpc) is 2.93. The van der Waals surface area contributed by atoms with Crippen LogP contribution in [0.4, 0.5) is 17.1 Å². The van der Waals surface area contributed by atoms with Crippen molar-refractivity contribution in [1.29, 1.82) is 0 Å². The molecule has 0 atom stereocenters. The van der Waals surface area contributed by atoms with E-state index in [1.54, 1.807) is 23.5 Å². The van der Waals surface area contributed by atoms with E-state index < -0.39 is 0 Å². The molecule has 1 aromatic carbocycles. The monoisotopic (exact) mass is 303 g/mol. The topological polar surface area (TPSA) is 93.5 Å². The van der Waals surface area contributed by atoms with Gasteiger partial charge in [0, 0.05) is 6.07 Å². The summed E-state index contributed by atoms with van der Waals surface area (Å²) >= 11 is 1.54. The molecule has 0 unspecified atom stereocenters. The molecule has 1 aliphatic heterocycles. The highest BCUT2D eigenvalue weighted by atomic mass is 32.1. The number of hydrogen-bond donors (Lipinski definition) is 3. The fourth-order valence-electron chi connectivity index (χ4n) is 2.02. The van der Waals surface area contributed by atoms with Gasteiger partial charge in [-0.1, -0.05) is 0 Å². The molecule has 3 rings (SSSR count). The molecule has 6 nitrogen and oxygen atoms in total. The number of carbonyl (C=O) groups is 2. The molecule has 7 heteroatoms. The molecule has 0 saturated carbocycles. The van der Waals surface area contributed by atoms with Crippen LogP contribution in [-0.2, 0) is 16.0 Å². The van der Waals surface area contributed by atoms with Gasteiger partial charge in [0.25, 0.3) is 5.91 Å². The highest BCUT2D eigenvalue weighted by Gasteiger charge is 2.18. The molecule has 0 saturated heterocycles. The summed E-state index contributed by atoms with van der Waals surface area (Å²) in [4.78, 5) is 23.3. The van der Waals surface area contributed by atoms with Gasteiger partial charge in [-0.05, 0) is 28.5 Å². The van der Waals surface area contributed by atoms with Crippen LogP contribution in [0.15, 0.2) is 29.0 Å². The zero-order valence-corrected chi connectivity index (χ0v) is 11.8. The standard InChI is InChI=1S/C14H13N3O3S/c15-9-4-12-11(17-14(19)6-20-12)5-10(9)16-13(18)3-8-1-2-21-7-8/h1-2,4-5,7H,3,6,15H2,(H,16,18)(H,17,19). The van der Waals surface area contributed by atoms with Gasteiger partial charge in [0.2, 0.25) is 5.91 Å². The number of amides is 2. The summed E-state index contributed by atoms with van der Waals surface area (Å²) in [7, 11) is 0. The number of fused-ring (bicyclic) bond motifs is 1. The minimum atomic E-state index is -0.233. The maximum absolute atomic E-state index is 12.0. The maximum Gasteiger partial charge on any atom is 0.262 e. The normalized spacial score (nSPS) is 13.0. The van der Waals surface area contributed by atoms with Gasteiger partial charge < -0.3 is 21.1 Å². The number of ether oxygens (including phenoxy) is 1. The Morgan fingerprint density at radius 1 is 1.48 bits per heavy atom. The number of nitrogens with one attached hydrogen (secondary N) is 2. The first-order valence-electron chi connectivity index (χ1n) is 6.29. The van der Waals surface area contributed by atoms with Crippen LogP contribution >= 0.6 is 11.3 Å². The number of carbonyl (C=O) groups excluding carboxylic acids is 2. The molecular weight excluding hydrogens is 290 g/mol. The second-order valence-corrected chi connectivity index (χ2v) is 5.41. The van der Waals surface area contributed by atoms with Crippen LogP contribution in [0.5, 0.6) is 5.75 Å². The Morgan fingerprint density at radius 3 is 3.10 bits per heavy atom. The first kappa shape index (κ1) is 13.4. The first-order chi connectivity index (χ1) is 10.1. The number of hydrogen-bond acceptors (Lipinski definition) is 5. The molecule has 1 aliphatic rings. The van der Waals surface area contributed by atoms with Crippen LogP contribution in [0, 0.1) is 0 Å². The van der Waals surface area contributed by atoms with Crippen LogP contribution in [0.2, 0.25) is 0 Å². The Kier molecular flexibility index (Phi) is 3.49. The SMILES string of the molecule is Nc1cc2c(cc1NC(=O)Cc1ccsc1)NC(=O)CO2. The van der Waals surface area contributed by atoms with Crippen molar-refractivity contribution in [3.05, 3.63) is 34.5 Å². The van der Waals surface area contributed by atoms with Crippen LogP contribution in [0.3, 0.4) is 0 Å². The molecule has 2 aromatic rings. The van der Waals surface area contributed by atoms with E-state index in [2.05, 4.69) is 10.6 Å². The minimum absolute atomic E-state index is 0.0314. The van der Waals surface area contributed by atoms with Crippen LogP contribution < -0.4 is 21.1 Å². The molecule has 2 amide bonds. The third-order valence-electron chi connectivity index (χ3n) is 3.00. The maximum atomic E-state index is 12.0. The first-order valence-corrected chi connectivity index (χ1v) is 7.23. The van der Waals surface area contributed by atoms with Gasteiger partial charge in [0.1, 0.15) is 5.75 Å². The third kappa shape index (κ3) is 2.97. The summed E-state index contributed by atoms with van der Waals surface area (Å²) in [5.41, 5.74) is 8.20. The van der Waals surface area contributed by atoms with E-state index in [9.17, 15) is 9.59 Å². The molecule has 4 N–H and O–H groups in total. The Morgan fingerprint density at radius 2 is 2.33 bits per heavy atom. The zero-order chi connectivity index (χ0) is 14.8. The van der Waals surface area contributed by atoms with E-state index in [0.717, 1.165) is 5.56 Å². The van der Waals surface area contributed by atoms with Crippen molar-refractivity contribution >= 4 is 40.2 Å². The van der Waals surface area contributed by atoms with Crippen molar-refractivity contribution in [1.82, 2.24) is 0 Å². The van der Waals surface area contributed by atoms with E-state index in [-0.39, 0.29) is 24.8 Å². The molecule has 2 heterocycles. The van der Waals surface area contributed by atoms with Crippen molar-refractivity contribution in [2.75, 3.05) is 23.0 Å². The Hall–Kier alpha value is -2.54. The van der Waals surface area contributed by atoms with Crippen molar-refractivity contribution in [2.24, 2.45) is 0 Å². The fourth-order valence-corrected chi connectivity index (χ4v) is 2.69. The lowest BCUT2D eigenvalue weighted by molar-refractivity contribution is -0.118. The smallest absolute Gasteiger partial charge is 0.262 e. The lowest BCUT2D eigenvalue weighted by atomic mass is 10.2. The second-order valence-electron chi connectivity index (χ2n) is 4.63. The van der Waals surface area contributed by atoms with Gasteiger partial charge >= 0.3 is 0 Å². The quantitative estimate of drug-likeness (QED) is 0.754. The summed E-state index contributed by atoms with van der Waals surface area (Å²) in [6.07, 6.45) is 0.281. The Bertz CT molecular complexity index is 698. The van der Waals surface area contributed by atoms with Crippen LogP contribution in [0.25, 0.3) is 0 Å².